The van der Waals surface area contributed by atoms with Crippen molar-refractivity contribution in [1.82, 2.24) is 5.43 Å². The number of hydrazine groups is 1. The van der Waals surface area contributed by atoms with Gasteiger partial charge in [-0.1, -0.05) is 25.7 Å². The van der Waals surface area contributed by atoms with Crippen LogP contribution in [0.25, 0.3) is 0 Å². The highest BCUT2D eigenvalue weighted by Gasteiger charge is 2.21. The van der Waals surface area contributed by atoms with Gasteiger partial charge in [-0.15, -0.1) is 11.8 Å². The van der Waals surface area contributed by atoms with Gasteiger partial charge in [0.15, 0.2) is 0 Å². The van der Waals surface area contributed by atoms with E-state index in [4.69, 9.17) is 5.84 Å². The van der Waals surface area contributed by atoms with Crippen molar-refractivity contribution in [2.24, 2.45) is 11.8 Å². The van der Waals surface area contributed by atoms with Gasteiger partial charge in [0.25, 0.3) is 0 Å². The monoisotopic (exact) mass is 282 g/mol. The second-order valence-corrected chi connectivity index (χ2v) is 6.38. The lowest BCUT2D eigenvalue weighted by molar-refractivity contribution is 0.346. The zero-order valence-corrected chi connectivity index (χ0v) is 12.1. The summed E-state index contributed by atoms with van der Waals surface area (Å²) in [5.74, 6) is 7.17. The fourth-order valence-corrected chi connectivity index (χ4v) is 3.82. The molecule has 2 nitrogen and oxygen atoms in total. The van der Waals surface area contributed by atoms with Crippen LogP contribution in [0.3, 0.4) is 0 Å². The molecule has 1 saturated carbocycles. The van der Waals surface area contributed by atoms with Crippen LogP contribution in [0.4, 0.5) is 4.39 Å². The van der Waals surface area contributed by atoms with Crippen LogP contribution < -0.4 is 11.3 Å². The molecule has 3 N–H and O–H groups in total. The van der Waals surface area contributed by atoms with Gasteiger partial charge in [-0.3, -0.25) is 11.3 Å². The van der Waals surface area contributed by atoms with Crippen molar-refractivity contribution >= 4 is 11.8 Å². The van der Waals surface area contributed by atoms with E-state index in [0.29, 0.717) is 12.0 Å². The first kappa shape index (κ1) is 14.8. The molecule has 19 heavy (non-hydrogen) atoms. The summed E-state index contributed by atoms with van der Waals surface area (Å²) in [4.78, 5) is 1.11. The average Bonchev–Trinajstić information content (AvgIpc) is 2.71. The Hall–Kier alpha value is -0.580. The Morgan fingerprint density at radius 1 is 1.16 bits per heavy atom. The number of rotatable bonds is 5. The quantitative estimate of drug-likeness (QED) is 0.374. The summed E-state index contributed by atoms with van der Waals surface area (Å²) in [7, 11) is 0. The molecule has 106 valence electrons. The van der Waals surface area contributed by atoms with Crippen LogP contribution in [0.2, 0.25) is 0 Å². The van der Waals surface area contributed by atoms with Crippen LogP contribution >= 0.6 is 11.8 Å². The SMILES string of the molecule is NNC(CSc1ccc(F)cc1)C1CCCCCC1. The molecular weight excluding hydrogens is 259 g/mol. The van der Waals surface area contributed by atoms with E-state index < -0.39 is 0 Å². The third kappa shape index (κ3) is 4.79. The number of nitrogens with one attached hydrogen (secondary N) is 1. The van der Waals surface area contributed by atoms with E-state index in [1.54, 1.807) is 11.8 Å². The Morgan fingerprint density at radius 2 is 1.79 bits per heavy atom. The van der Waals surface area contributed by atoms with E-state index in [-0.39, 0.29) is 5.82 Å². The van der Waals surface area contributed by atoms with E-state index in [2.05, 4.69) is 5.43 Å². The third-order valence-corrected chi connectivity index (χ3v) is 5.06. The average molecular weight is 282 g/mol. The Bertz CT molecular complexity index is 361. The van der Waals surface area contributed by atoms with Gasteiger partial charge in [-0.2, -0.15) is 0 Å². The zero-order valence-electron chi connectivity index (χ0n) is 11.3. The Kier molecular flexibility index (Phi) is 6.14. The molecule has 4 heteroatoms. The normalized spacial score (nSPS) is 19.1. The third-order valence-electron chi connectivity index (χ3n) is 3.93. The Labute approximate surface area is 119 Å². The second kappa shape index (κ2) is 7.88. The molecule has 0 saturated heterocycles. The van der Waals surface area contributed by atoms with Gasteiger partial charge < -0.3 is 0 Å². The first-order valence-electron chi connectivity index (χ1n) is 7.14. The van der Waals surface area contributed by atoms with Crippen LogP contribution in [-0.2, 0) is 0 Å². The first-order valence-corrected chi connectivity index (χ1v) is 8.12. The summed E-state index contributed by atoms with van der Waals surface area (Å²) >= 11 is 1.75. The molecule has 0 amide bonds. The zero-order chi connectivity index (χ0) is 13.5. The maximum Gasteiger partial charge on any atom is 0.123 e. The van der Waals surface area contributed by atoms with Gasteiger partial charge in [-0.25, -0.2) is 4.39 Å². The molecule has 0 radical (unpaired) electrons. The summed E-state index contributed by atoms with van der Waals surface area (Å²) in [6.07, 6.45) is 7.92. The summed E-state index contributed by atoms with van der Waals surface area (Å²) < 4.78 is 12.8. The minimum atomic E-state index is -0.179. The lowest BCUT2D eigenvalue weighted by atomic mass is 9.93. The molecule has 1 atom stereocenters. The van der Waals surface area contributed by atoms with Crippen LogP contribution in [0.1, 0.15) is 38.5 Å². The van der Waals surface area contributed by atoms with Crippen molar-refractivity contribution < 1.29 is 4.39 Å². The molecule has 0 aliphatic heterocycles. The van der Waals surface area contributed by atoms with Crippen LogP contribution in [0.15, 0.2) is 29.2 Å². The van der Waals surface area contributed by atoms with Gasteiger partial charge in [-0.05, 0) is 43.0 Å². The van der Waals surface area contributed by atoms with Crippen LogP contribution in [0, 0.1) is 11.7 Å². The van der Waals surface area contributed by atoms with Crippen molar-refractivity contribution in [3.05, 3.63) is 30.1 Å². The van der Waals surface area contributed by atoms with Crippen molar-refractivity contribution in [3.8, 4) is 0 Å². The fraction of sp³-hybridized carbons (Fsp3) is 0.600. The summed E-state index contributed by atoms with van der Waals surface area (Å²) in [6, 6.07) is 7.05. The van der Waals surface area contributed by atoms with Gasteiger partial charge in [0.2, 0.25) is 0 Å². The maximum absolute atomic E-state index is 12.8. The number of thioether (sulfide) groups is 1. The smallest absolute Gasteiger partial charge is 0.123 e. The van der Waals surface area contributed by atoms with Crippen LogP contribution in [-0.4, -0.2) is 11.8 Å². The maximum atomic E-state index is 12.8. The molecule has 1 aromatic rings. The highest BCUT2D eigenvalue weighted by atomic mass is 32.2. The predicted octanol–water partition coefficient (Wildman–Crippen LogP) is 3.72. The fourth-order valence-electron chi connectivity index (χ4n) is 2.75. The molecule has 0 spiro atoms. The number of halogens is 1. The van der Waals surface area contributed by atoms with Gasteiger partial charge >= 0.3 is 0 Å². The predicted molar refractivity (Wildman–Crippen MR) is 79.4 cm³/mol. The van der Waals surface area contributed by atoms with Crippen molar-refractivity contribution in [2.45, 2.75) is 49.5 Å². The molecule has 0 aromatic heterocycles. The van der Waals surface area contributed by atoms with E-state index in [0.717, 1.165) is 10.6 Å². The highest BCUT2D eigenvalue weighted by Crippen LogP contribution is 2.28. The van der Waals surface area contributed by atoms with Crippen molar-refractivity contribution in [3.63, 3.8) is 0 Å². The summed E-state index contributed by atoms with van der Waals surface area (Å²) in [5, 5.41) is 0. The van der Waals surface area contributed by atoms with Gasteiger partial charge in [0.05, 0.1) is 0 Å². The number of hydrogen-bond acceptors (Lipinski definition) is 3. The second-order valence-electron chi connectivity index (χ2n) is 5.29. The highest BCUT2D eigenvalue weighted by molar-refractivity contribution is 7.99. The molecule has 1 aliphatic carbocycles. The molecule has 2 rings (SSSR count). The van der Waals surface area contributed by atoms with E-state index in [1.807, 2.05) is 12.1 Å². The van der Waals surface area contributed by atoms with E-state index >= 15 is 0 Å². The number of benzene rings is 1. The van der Waals surface area contributed by atoms with Gasteiger partial charge in [0.1, 0.15) is 5.82 Å². The molecule has 1 aliphatic rings. The molecular formula is C15H23FN2S. The minimum absolute atomic E-state index is 0.179. The van der Waals surface area contributed by atoms with Crippen molar-refractivity contribution in [2.75, 3.05) is 5.75 Å². The molecule has 1 fully saturated rings. The largest absolute Gasteiger partial charge is 0.271 e. The van der Waals surface area contributed by atoms with E-state index in [1.165, 1.54) is 50.7 Å². The standard InChI is InChI=1S/C15H23FN2S/c16-13-7-9-14(10-8-13)19-11-15(18-17)12-5-3-1-2-4-6-12/h7-10,12,15,18H,1-6,11,17H2. The van der Waals surface area contributed by atoms with E-state index in [9.17, 15) is 4.39 Å². The molecule has 0 bridgehead atoms. The molecule has 0 heterocycles. The minimum Gasteiger partial charge on any atom is -0.271 e. The van der Waals surface area contributed by atoms with Crippen molar-refractivity contribution in [1.29, 1.82) is 0 Å². The summed E-state index contributed by atoms with van der Waals surface area (Å²) in [6.45, 7) is 0. The Morgan fingerprint density at radius 3 is 2.37 bits per heavy atom. The molecule has 1 unspecified atom stereocenters. The lowest BCUT2D eigenvalue weighted by Crippen LogP contribution is -2.42. The summed E-state index contributed by atoms with van der Waals surface area (Å²) in [5.41, 5.74) is 2.99. The number of hydrogen-bond donors (Lipinski definition) is 2. The lowest BCUT2D eigenvalue weighted by Gasteiger charge is -2.25. The first-order chi connectivity index (χ1) is 9.29. The number of nitrogens with two attached hydrogens (primary N) is 1. The van der Waals surface area contributed by atoms with Crippen LogP contribution in [0.5, 0.6) is 0 Å². The Balaban J connectivity index is 1.85. The molecule has 1 aromatic carbocycles. The van der Waals surface area contributed by atoms with Gasteiger partial charge in [0, 0.05) is 16.7 Å². The topological polar surface area (TPSA) is 38.0 Å².